The van der Waals surface area contributed by atoms with Crippen molar-refractivity contribution in [2.24, 2.45) is 0 Å². The van der Waals surface area contributed by atoms with Gasteiger partial charge in [-0.25, -0.2) is 8.42 Å². The zero-order chi connectivity index (χ0) is 21.4. The van der Waals surface area contributed by atoms with Crippen LogP contribution >= 0.6 is 0 Å². The maximum absolute atomic E-state index is 12.8. The van der Waals surface area contributed by atoms with Crippen LogP contribution in [0.25, 0.3) is 0 Å². The Morgan fingerprint density at radius 1 is 1.00 bits per heavy atom. The standard InChI is InChI=1S/C23H31N3O3S/c1-25(30(28,29)22-13-5-4-6-14-22)21-12-9-11-20(19-21)23(27)24-15-10-18-26-16-7-2-3-8-17-26/h4-6,9,11-14,19H,2-3,7-8,10,15-18H2,1H3,(H,24,27). The molecule has 6 nitrogen and oxygen atoms in total. The molecule has 0 bridgehead atoms. The zero-order valence-electron chi connectivity index (χ0n) is 17.6. The number of anilines is 1. The molecule has 1 aliphatic heterocycles. The van der Waals surface area contributed by atoms with Crippen molar-refractivity contribution >= 4 is 21.6 Å². The number of nitrogens with zero attached hydrogens (tertiary/aromatic N) is 2. The molecule has 0 radical (unpaired) electrons. The van der Waals surface area contributed by atoms with Gasteiger partial charge in [-0.05, 0) is 69.2 Å². The molecular formula is C23H31N3O3S. The summed E-state index contributed by atoms with van der Waals surface area (Å²) in [5.74, 6) is -0.182. The summed E-state index contributed by atoms with van der Waals surface area (Å²) in [7, 11) is -2.17. The Balaban J connectivity index is 1.57. The van der Waals surface area contributed by atoms with Crippen molar-refractivity contribution in [2.45, 2.75) is 37.0 Å². The maximum Gasteiger partial charge on any atom is 0.264 e. The fourth-order valence-electron chi connectivity index (χ4n) is 3.70. The van der Waals surface area contributed by atoms with Crippen LogP contribution in [0, 0.1) is 0 Å². The van der Waals surface area contributed by atoms with E-state index in [0.717, 1.165) is 26.1 Å². The van der Waals surface area contributed by atoms with Crippen molar-refractivity contribution in [1.82, 2.24) is 10.2 Å². The molecule has 1 saturated heterocycles. The topological polar surface area (TPSA) is 69.7 Å². The number of rotatable bonds is 8. The number of hydrogen-bond donors (Lipinski definition) is 1. The summed E-state index contributed by atoms with van der Waals surface area (Å²) in [6.45, 7) is 3.91. The highest BCUT2D eigenvalue weighted by molar-refractivity contribution is 7.92. The van der Waals surface area contributed by atoms with Crippen LogP contribution in [0.5, 0.6) is 0 Å². The average molecular weight is 430 g/mol. The first-order chi connectivity index (χ1) is 14.5. The monoisotopic (exact) mass is 429 g/mol. The number of carbonyl (C=O) groups excluding carboxylic acids is 1. The minimum Gasteiger partial charge on any atom is -0.352 e. The summed E-state index contributed by atoms with van der Waals surface area (Å²) in [6, 6.07) is 15.0. The Morgan fingerprint density at radius 3 is 2.40 bits per heavy atom. The van der Waals surface area contributed by atoms with Gasteiger partial charge in [-0.1, -0.05) is 37.1 Å². The second-order valence-electron chi connectivity index (χ2n) is 7.70. The third-order valence-corrected chi connectivity index (χ3v) is 7.31. The van der Waals surface area contributed by atoms with Gasteiger partial charge in [-0.15, -0.1) is 0 Å². The number of sulfonamides is 1. The number of nitrogens with one attached hydrogen (secondary N) is 1. The Morgan fingerprint density at radius 2 is 1.70 bits per heavy atom. The van der Waals surface area contributed by atoms with Crippen LogP contribution in [0.4, 0.5) is 5.69 Å². The molecule has 0 aromatic heterocycles. The molecule has 1 heterocycles. The van der Waals surface area contributed by atoms with Gasteiger partial charge in [0.15, 0.2) is 0 Å². The molecule has 2 aromatic carbocycles. The van der Waals surface area contributed by atoms with Crippen molar-refractivity contribution in [3.63, 3.8) is 0 Å². The molecule has 2 aromatic rings. The van der Waals surface area contributed by atoms with Gasteiger partial charge in [0.25, 0.3) is 15.9 Å². The van der Waals surface area contributed by atoms with Crippen molar-refractivity contribution in [3.05, 3.63) is 60.2 Å². The van der Waals surface area contributed by atoms with Gasteiger partial charge in [0.05, 0.1) is 10.6 Å². The molecule has 0 spiro atoms. The summed E-state index contributed by atoms with van der Waals surface area (Å²) < 4.78 is 26.8. The van der Waals surface area contributed by atoms with Gasteiger partial charge in [0.2, 0.25) is 0 Å². The van der Waals surface area contributed by atoms with Crippen molar-refractivity contribution in [2.75, 3.05) is 37.5 Å². The van der Waals surface area contributed by atoms with Gasteiger partial charge >= 0.3 is 0 Å². The van der Waals surface area contributed by atoms with E-state index >= 15 is 0 Å². The van der Waals surface area contributed by atoms with Crippen molar-refractivity contribution in [1.29, 1.82) is 0 Å². The summed E-state index contributed by atoms with van der Waals surface area (Å²) in [5.41, 5.74) is 0.911. The predicted molar refractivity (Wildman–Crippen MR) is 120 cm³/mol. The maximum atomic E-state index is 12.8. The van der Waals surface area contributed by atoms with Gasteiger partial charge in [-0.2, -0.15) is 0 Å². The molecule has 0 saturated carbocycles. The number of likely N-dealkylation sites (tertiary alicyclic amines) is 1. The molecule has 1 aliphatic rings. The minimum atomic E-state index is -3.67. The van der Waals surface area contributed by atoms with Crippen LogP contribution in [0.3, 0.4) is 0 Å². The largest absolute Gasteiger partial charge is 0.352 e. The lowest BCUT2D eigenvalue weighted by Gasteiger charge is -2.20. The third-order valence-electron chi connectivity index (χ3n) is 5.51. The Kier molecular flexibility index (Phi) is 7.87. The van der Waals surface area contributed by atoms with Gasteiger partial charge < -0.3 is 10.2 Å². The first kappa shape index (κ1) is 22.3. The molecule has 1 fully saturated rings. The molecule has 0 aliphatic carbocycles. The van der Waals surface area contributed by atoms with Crippen LogP contribution in [-0.2, 0) is 10.0 Å². The molecule has 0 unspecified atom stereocenters. The first-order valence-electron chi connectivity index (χ1n) is 10.6. The highest BCUT2D eigenvalue weighted by Gasteiger charge is 2.21. The van der Waals surface area contributed by atoms with Gasteiger partial charge in [-0.3, -0.25) is 9.10 Å². The second kappa shape index (κ2) is 10.6. The molecule has 162 valence electrons. The number of benzene rings is 2. The highest BCUT2D eigenvalue weighted by atomic mass is 32.2. The minimum absolute atomic E-state index is 0.182. The van der Waals surface area contributed by atoms with E-state index in [2.05, 4.69) is 10.2 Å². The Labute approximate surface area is 179 Å². The van der Waals surface area contributed by atoms with Crippen LogP contribution in [0.1, 0.15) is 42.5 Å². The van der Waals surface area contributed by atoms with E-state index in [9.17, 15) is 13.2 Å². The third kappa shape index (κ3) is 5.83. The second-order valence-corrected chi connectivity index (χ2v) is 9.67. The van der Waals surface area contributed by atoms with E-state index in [1.54, 1.807) is 54.6 Å². The van der Waals surface area contributed by atoms with Crippen molar-refractivity contribution in [3.8, 4) is 0 Å². The molecular weight excluding hydrogens is 398 g/mol. The quantitative estimate of drug-likeness (QED) is 0.652. The summed E-state index contributed by atoms with van der Waals surface area (Å²) in [5, 5.41) is 2.96. The first-order valence-corrected chi connectivity index (χ1v) is 12.1. The summed E-state index contributed by atoms with van der Waals surface area (Å²) in [6.07, 6.45) is 6.07. The van der Waals surface area contributed by atoms with E-state index in [1.165, 1.54) is 37.0 Å². The van der Waals surface area contributed by atoms with Crippen LogP contribution in [0.2, 0.25) is 0 Å². The van der Waals surface area contributed by atoms with Crippen LogP contribution in [0.15, 0.2) is 59.5 Å². The number of hydrogen-bond acceptors (Lipinski definition) is 4. The molecule has 3 rings (SSSR count). The molecule has 7 heteroatoms. The van der Waals surface area contributed by atoms with E-state index < -0.39 is 10.0 Å². The molecule has 30 heavy (non-hydrogen) atoms. The fourth-order valence-corrected chi connectivity index (χ4v) is 4.91. The van der Waals surface area contributed by atoms with E-state index in [4.69, 9.17) is 0 Å². The summed E-state index contributed by atoms with van der Waals surface area (Å²) in [4.78, 5) is 15.2. The Bertz CT molecular complexity index is 924. The van der Waals surface area contributed by atoms with E-state index in [0.29, 0.717) is 17.8 Å². The van der Waals surface area contributed by atoms with Gasteiger partial charge in [0, 0.05) is 19.2 Å². The SMILES string of the molecule is CN(c1cccc(C(=O)NCCCN2CCCCCC2)c1)S(=O)(=O)c1ccccc1. The number of amides is 1. The summed E-state index contributed by atoms with van der Waals surface area (Å²) >= 11 is 0. The predicted octanol–water partition coefficient (Wildman–Crippen LogP) is 3.51. The molecule has 1 amide bonds. The zero-order valence-corrected chi connectivity index (χ0v) is 18.4. The molecule has 0 atom stereocenters. The average Bonchev–Trinajstić information content (AvgIpc) is 3.05. The Hall–Kier alpha value is -2.38. The van der Waals surface area contributed by atoms with Gasteiger partial charge in [0.1, 0.15) is 0 Å². The lowest BCUT2D eigenvalue weighted by atomic mass is 10.2. The van der Waals surface area contributed by atoms with Crippen LogP contribution < -0.4 is 9.62 Å². The smallest absolute Gasteiger partial charge is 0.264 e. The van der Waals surface area contributed by atoms with Crippen LogP contribution in [-0.4, -0.2) is 52.5 Å². The lowest BCUT2D eigenvalue weighted by molar-refractivity contribution is 0.0951. The number of carbonyl (C=O) groups is 1. The highest BCUT2D eigenvalue weighted by Crippen LogP contribution is 2.22. The molecule has 1 N–H and O–H groups in total. The lowest BCUT2D eigenvalue weighted by Crippen LogP contribution is -2.31. The van der Waals surface area contributed by atoms with E-state index in [1.807, 2.05) is 0 Å². The fraction of sp³-hybridized carbons (Fsp3) is 0.435. The van der Waals surface area contributed by atoms with E-state index in [-0.39, 0.29) is 10.8 Å². The normalized spacial score (nSPS) is 15.4. The van der Waals surface area contributed by atoms with Crippen molar-refractivity contribution < 1.29 is 13.2 Å².